The molecule has 1 aliphatic carbocycles. The van der Waals surface area contributed by atoms with Gasteiger partial charge in [0, 0.05) is 43.1 Å². The van der Waals surface area contributed by atoms with Gasteiger partial charge in [0.1, 0.15) is 17.5 Å². The molecule has 0 saturated heterocycles. The van der Waals surface area contributed by atoms with Gasteiger partial charge in [0.2, 0.25) is 0 Å². The van der Waals surface area contributed by atoms with Gasteiger partial charge in [-0.05, 0) is 73.4 Å². The molecule has 34 heavy (non-hydrogen) atoms. The van der Waals surface area contributed by atoms with Gasteiger partial charge in [-0.15, -0.1) is 0 Å². The van der Waals surface area contributed by atoms with Crippen LogP contribution in [0.15, 0.2) is 48.8 Å². The summed E-state index contributed by atoms with van der Waals surface area (Å²) in [5, 5.41) is 1.07. The lowest BCUT2D eigenvalue weighted by Crippen LogP contribution is -2.19. The molecule has 1 fully saturated rings. The molecule has 3 aromatic rings. The summed E-state index contributed by atoms with van der Waals surface area (Å²) in [6, 6.07) is 11.0. The maximum Gasteiger partial charge on any atom is 0.151 e. The van der Waals surface area contributed by atoms with Gasteiger partial charge in [0.15, 0.2) is 5.78 Å². The van der Waals surface area contributed by atoms with E-state index in [2.05, 4.69) is 9.97 Å². The highest BCUT2D eigenvalue weighted by Gasteiger charge is 2.43. The third kappa shape index (κ3) is 5.11. The Morgan fingerprint density at radius 2 is 1.79 bits per heavy atom. The highest BCUT2D eigenvalue weighted by atomic mass is 35.5. The number of Topliss-reactive ketones (excluding diaryl/α,β-unsaturated/α-hetero) is 3. The predicted molar refractivity (Wildman–Crippen MR) is 132 cm³/mol. The van der Waals surface area contributed by atoms with Gasteiger partial charge in [-0.3, -0.25) is 24.4 Å². The Bertz CT molecular complexity index is 1250. The van der Waals surface area contributed by atoms with E-state index in [9.17, 15) is 14.4 Å². The molecule has 2 atom stereocenters. The van der Waals surface area contributed by atoms with Crippen molar-refractivity contribution in [2.45, 2.75) is 45.4 Å². The second kappa shape index (κ2) is 10.2. The number of pyridine rings is 2. The number of hydrogen-bond donors (Lipinski definition) is 0. The van der Waals surface area contributed by atoms with Crippen LogP contribution in [-0.4, -0.2) is 27.3 Å². The van der Waals surface area contributed by atoms with Crippen molar-refractivity contribution in [1.82, 2.24) is 9.97 Å². The maximum atomic E-state index is 13.2. The van der Waals surface area contributed by atoms with Crippen LogP contribution in [0.3, 0.4) is 0 Å². The lowest BCUT2D eigenvalue weighted by molar-refractivity contribution is -0.127. The minimum atomic E-state index is -0.824. The number of aromatic nitrogens is 2. The van der Waals surface area contributed by atoms with Crippen molar-refractivity contribution >= 4 is 40.6 Å². The summed E-state index contributed by atoms with van der Waals surface area (Å²) in [5.41, 5.74) is 4.77. The van der Waals surface area contributed by atoms with Gasteiger partial charge in [-0.1, -0.05) is 23.2 Å². The Morgan fingerprint density at radius 3 is 2.44 bits per heavy atom. The smallest absolute Gasteiger partial charge is 0.151 e. The van der Waals surface area contributed by atoms with E-state index in [0.29, 0.717) is 22.2 Å². The topological polar surface area (TPSA) is 77.0 Å². The summed E-state index contributed by atoms with van der Waals surface area (Å²) in [7, 11) is 0. The molecule has 0 amide bonds. The summed E-state index contributed by atoms with van der Waals surface area (Å²) < 4.78 is 0. The average molecular weight is 495 g/mol. The largest absolute Gasteiger partial charge is 0.300 e. The van der Waals surface area contributed by atoms with Crippen molar-refractivity contribution in [2.24, 2.45) is 5.92 Å². The van der Waals surface area contributed by atoms with Crippen LogP contribution >= 0.6 is 23.2 Å². The average Bonchev–Trinajstić information content (AvgIpc) is 3.06. The molecule has 0 spiro atoms. The Hall–Kier alpha value is -2.89. The van der Waals surface area contributed by atoms with E-state index < -0.39 is 11.8 Å². The van der Waals surface area contributed by atoms with E-state index in [0.717, 1.165) is 27.9 Å². The maximum absolute atomic E-state index is 13.2. The summed E-state index contributed by atoms with van der Waals surface area (Å²) in [5.74, 6) is -1.76. The number of halogens is 2. The van der Waals surface area contributed by atoms with Crippen molar-refractivity contribution in [1.29, 1.82) is 0 Å². The molecular weight excluding hydrogens is 471 g/mol. The van der Waals surface area contributed by atoms with Gasteiger partial charge >= 0.3 is 0 Å². The molecule has 1 aliphatic rings. The molecule has 174 valence electrons. The van der Waals surface area contributed by atoms with Gasteiger partial charge < -0.3 is 0 Å². The summed E-state index contributed by atoms with van der Waals surface area (Å²) in [6.07, 6.45) is 4.03. The van der Waals surface area contributed by atoms with Gasteiger partial charge in [0.25, 0.3) is 0 Å². The second-order valence-electron chi connectivity index (χ2n) is 8.76. The molecule has 2 aromatic heterocycles. The number of carbonyl (C=O) groups excluding carboxylic acids is 3. The van der Waals surface area contributed by atoms with Crippen LogP contribution in [0.5, 0.6) is 0 Å². The molecule has 1 aromatic carbocycles. The first-order valence-electron chi connectivity index (χ1n) is 11.1. The molecule has 0 radical (unpaired) electrons. The summed E-state index contributed by atoms with van der Waals surface area (Å²) in [6.45, 7) is 3.80. The van der Waals surface area contributed by atoms with Crippen LogP contribution < -0.4 is 0 Å². The zero-order valence-corrected chi connectivity index (χ0v) is 20.5. The van der Waals surface area contributed by atoms with Crippen LogP contribution in [0.1, 0.15) is 47.6 Å². The first kappa shape index (κ1) is 24.2. The normalized spacial score (nSPS) is 17.9. The zero-order chi connectivity index (χ0) is 24.4. The SMILES string of the molecule is Cc1cc(-c2ccc(Cl)cn2)cc(C)c1C1C(=O)CC(CC(=O)CCc2ncccc2Cl)C1=O. The van der Waals surface area contributed by atoms with Crippen LogP contribution in [0.4, 0.5) is 0 Å². The summed E-state index contributed by atoms with van der Waals surface area (Å²) in [4.78, 5) is 47.3. The first-order chi connectivity index (χ1) is 16.2. The van der Waals surface area contributed by atoms with Crippen LogP contribution in [-0.2, 0) is 20.8 Å². The van der Waals surface area contributed by atoms with E-state index in [1.165, 1.54) is 0 Å². The van der Waals surface area contributed by atoms with Crippen LogP contribution in [0, 0.1) is 19.8 Å². The van der Waals surface area contributed by atoms with E-state index in [1.807, 2.05) is 32.0 Å². The minimum absolute atomic E-state index is 0.0638. The van der Waals surface area contributed by atoms with Crippen molar-refractivity contribution in [3.8, 4) is 11.3 Å². The molecule has 0 N–H and O–H groups in total. The highest BCUT2D eigenvalue weighted by molar-refractivity contribution is 6.31. The van der Waals surface area contributed by atoms with Crippen molar-refractivity contribution in [3.63, 3.8) is 0 Å². The Kier molecular flexibility index (Phi) is 7.24. The third-order valence-corrected chi connectivity index (χ3v) is 6.88. The lowest BCUT2D eigenvalue weighted by atomic mass is 9.85. The van der Waals surface area contributed by atoms with E-state index in [1.54, 1.807) is 30.6 Å². The van der Waals surface area contributed by atoms with Crippen molar-refractivity contribution in [3.05, 3.63) is 81.2 Å². The zero-order valence-electron chi connectivity index (χ0n) is 19.0. The molecule has 7 heteroatoms. The molecule has 2 heterocycles. The fourth-order valence-corrected chi connectivity index (χ4v) is 5.02. The van der Waals surface area contributed by atoms with Crippen molar-refractivity contribution in [2.75, 3.05) is 0 Å². The number of benzene rings is 1. The number of rotatable bonds is 7. The molecule has 1 saturated carbocycles. The van der Waals surface area contributed by atoms with E-state index in [-0.39, 0.29) is 36.6 Å². The Morgan fingerprint density at radius 1 is 1.06 bits per heavy atom. The number of hydrogen-bond acceptors (Lipinski definition) is 5. The number of carbonyl (C=O) groups is 3. The monoisotopic (exact) mass is 494 g/mol. The standard InChI is InChI=1S/C27H24Cl2N2O3/c1-15-10-17(22-7-5-19(28)14-31-22)11-16(2)25(15)26-24(33)13-18(27(26)34)12-20(32)6-8-23-21(29)4-3-9-30-23/h3-5,7,9-11,14,18,26H,6,8,12-13H2,1-2H3. The fourth-order valence-electron chi connectivity index (χ4n) is 4.69. The van der Waals surface area contributed by atoms with E-state index in [4.69, 9.17) is 23.2 Å². The highest BCUT2D eigenvalue weighted by Crippen LogP contribution is 2.38. The van der Waals surface area contributed by atoms with Gasteiger partial charge in [-0.2, -0.15) is 0 Å². The molecular formula is C27H24Cl2N2O3. The molecule has 5 nitrogen and oxygen atoms in total. The number of aryl methyl sites for hydroxylation is 3. The number of nitrogens with zero attached hydrogens (tertiary/aromatic N) is 2. The second-order valence-corrected chi connectivity index (χ2v) is 9.61. The number of ketones is 3. The minimum Gasteiger partial charge on any atom is -0.300 e. The Balaban J connectivity index is 1.48. The van der Waals surface area contributed by atoms with Crippen LogP contribution in [0.2, 0.25) is 10.0 Å². The molecule has 4 rings (SSSR count). The summed E-state index contributed by atoms with van der Waals surface area (Å²) >= 11 is 12.1. The quantitative estimate of drug-likeness (QED) is 0.382. The predicted octanol–water partition coefficient (Wildman–Crippen LogP) is 5.90. The molecule has 0 aliphatic heterocycles. The lowest BCUT2D eigenvalue weighted by Gasteiger charge is -2.17. The van der Waals surface area contributed by atoms with Gasteiger partial charge in [0.05, 0.1) is 21.4 Å². The van der Waals surface area contributed by atoms with Crippen LogP contribution in [0.25, 0.3) is 11.3 Å². The molecule has 0 bridgehead atoms. The van der Waals surface area contributed by atoms with Crippen molar-refractivity contribution < 1.29 is 14.4 Å². The molecule has 2 unspecified atom stereocenters. The van der Waals surface area contributed by atoms with Gasteiger partial charge in [-0.25, -0.2) is 0 Å². The Labute approximate surface area is 208 Å². The third-order valence-electron chi connectivity index (χ3n) is 6.31. The fraction of sp³-hybridized carbons (Fsp3) is 0.296. The van der Waals surface area contributed by atoms with E-state index >= 15 is 0 Å². The first-order valence-corrected chi connectivity index (χ1v) is 11.9.